The van der Waals surface area contributed by atoms with Gasteiger partial charge >= 0.3 is 6.18 Å². The molecule has 3 saturated carbocycles. The van der Waals surface area contributed by atoms with E-state index in [-0.39, 0.29) is 11.8 Å². The first-order valence-electron chi connectivity index (χ1n) is 11.8. The Morgan fingerprint density at radius 3 is 2.43 bits per heavy atom. The number of carbonyl (C=O) groups excluding carboxylic acids is 1. The molecule has 1 atom stereocenters. The molecule has 35 heavy (non-hydrogen) atoms. The summed E-state index contributed by atoms with van der Waals surface area (Å²) >= 11 is 0. The van der Waals surface area contributed by atoms with E-state index in [1.165, 1.54) is 18.9 Å². The largest absolute Gasteiger partial charge is 0.417 e. The van der Waals surface area contributed by atoms with Gasteiger partial charge in [-0.05, 0) is 73.1 Å². The Hall–Kier alpha value is -3.55. The molecule has 180 valence electrons. The van der Waals surface area contributed by atoms with E-state index < -0.39 is 11.7 Å². The van der Waals surface area contributed by atoms with Crippen LogP contribution in [0, 0.1) is 17.8 Å². The number of halogens is 3. The SMILES string of the molecule is O=C(N=Cc1cccc(N(c2cccnc2)c2ccc(C(F)(F)F)cn2)c1)C1CC2CCC1CC2. The number of fused-ring (bicyclic) bond motifs is 3. The first-order valence-corrected chi connectivity index (χ1v) is 11.8. The van der Waals surface area contributed by atoms with Crippen LogP contribution in [-0.4, -0.2) is 22.1 Å². The molecule has 8 heteroatoms. The lowest BCUT2D eigenvalue weighted by molar-refractivity contribution is -0.137. The number of aliphatic imine (C=N–C) groups is 1. The Bertz CT molecular complexity index is 1200. The maximum Gasteiger partial charge on any atom is 0.417 e. The lowest BCUT2D eigenvalue weighted by atomic mass is 9.64. The van der Waals surface area contributed by atoms with E-state index in [0.29, 0.717) is 29.0 Å². The minimum Gasteiger partial charge on any atom is -0.293 e. The molecule has 1 unspecified atom stereocenters. The first-order chi connectivity index (χ1) is 16.9. The van der Waals surface area contributed by atoms with E-state index in [0.717, 1.165) is 37.1 Å². The Morgan fingerprint density at radius 1 is 1.00 bits per heavy atom. The lowest BCUT2D eigenvalue weighted by Gasteiger charge is -2.40. The summed E-state index contributed by atoms with van der Waals surface area (Å²) in [5.41, 5.74) is 1.21. The summed E-state index contributed by atoms with van der Waals surface area (Å²) in [7, 11) is 0. The predicted molar refractivity (Wildman–Crippen MR) is 128 cm³/mol. The number of amides is 1. The smallest absolute Gasteiger partial charge is 0.293 e. The molecule has 1 aromatic carbocycles. The second-order valence-corrected chi connectivity index (χ2v) is 9.26. The van der Waals surface area contributed by atoms with Gasteiger partial charge in [0.25, 0.3) is 0 Å². The predicted octanol–water partition coefficient (Wildman–Crippen LogP) is 6.74. The third-order valence-corrected chi connectivity index (χ3v) is 7.04. The highest BCUT2D eigenvalue weighted by Gasteiger charge is 2.39. The number of nitrogens with zero attached hydrogens (tertiary/aromatic N) is 4. The minimum atomic E-state index is -4.47. The van der Waals surface area contributed by atoms with E-state index >= 15 is 0 Å². The van der Waals surface area contributed by atoms with Crippen LogP contribution in [0.4, 0.5) is 30.4 Å². The van der Waals surface area contributed by atoms with Gasteiger partial charge in [0.15, 0.2) is 0 Å². The summed E-state index contributed by atoms with van der Waals surface area (Å²) in [4.78, 5) is 27.0. The number of anilines is 3. The molecule has 0 saturated heterocycles. The maximum atomic E-state index is 13.0. The molecule has 3 aromatic rings. The molecule has 6 rings (SSSR count). The maximum absolute atomic E-state index is 13.0. The zero-order chi connectivity index (χ0) is 24.4. The standard InChI is InChI=1S/C27H25F3N4O/c28-27(29,30)21-10-11-25(32-16-21)34(23-5-2-12-31-17-23)22-4-1-3-19(13-22)15-33-26(35)24-14-18-6-8-20(24)9-7-18/h1-5,10-13,15-18,20,24H,6-9,14H2. The van der Waals surface area contributed by atoms with Crippen LogP contribution in [0.5, 0.6) is 0 Å². The number of aromatic nitrogens is 2. The van der Waals surface area contributed by atoms with Gasteiger partial charge in [-0.15, -0.1) is 0 Å². The fourth-order valence-electron chi connectivity index (χ4n) is 5.24. The third kappa shape index (κ3) is 5.11. The summed E-state index contributed by atoms with van der Waals surface area (Å²) in [5.74, 6) is 1.37. The lowest BCUT2D eigenvalue weighted by Crippen LogP contribution is -2.35. The topological polar surface area (TPSA) is 58.5 Å². The fourth-order valence-corrected chi connectivity index (χ4v) is 5.24. The summed E-state index contributed by atoms with van der Waals surface area (Å²) in [5, 5.41) is 0. The monoisotopic (exact) mass is 478 g/mol. The van der Waals surface area contributed by atoms with Crippen LogP contribution in [0.1, 0.15) is 43.2 Å². The summed E-state index contributed by atoms with van der Waals surface area (Å²) in [6.45, 7) is 0. The molecule has 1 amide bonds. The zero-order valence-corrected chi connectivity index (χ0v) is 19.0. The van der Waals surface area contributed by atoms with E-state index in [1.807, 2.05) is 24.3 Å². The molecular weight excluding hydrogens is 453 g/mol. The molecule has 0 spiro atoms. The fraction of sp³-hybridized carbons (Fsp3) is 0.333. The second-order valence-electron chi connectivity index (χ2n) is 9.26. The molecule has 5 nitrogen and oxygen atoms in total. The highest BCUT2D eigenvalue weighted by atomic mass is 19.4. The molecular formula is C27H25F3N4O. The average Bonchev–Trinajstić information content (AvgIpc) is 2.89. The Morgan fingerprint density at radius 2 is 1.80 bits per heavy atom. The van der Waals surface area contributed by atoms with Crippen molar-refractivity contribution in [1.82, 2.24) is 9.97 Å². The number of benzene rings is 1. The van der Waals surface area contributed by atoms with Crippen molar-refractivity contribution in [3.05, 3.63) is 78.2 Å². The zero-order valence-electron chi connectivity index (χ0n) is 19.0. The average molecular weight is 479 g/mol. The third-order valence-electron chi connectivity index (χ3n) is 7.04. The summed E-state index contributed by atoms with van der Waals surface area (Å²) in [6, 6.07) is 13.2. The molecule has 2 aromatic heterocycles. The van der Waals surface area contributed by atoms with Gasteiger partial charge < -0.3 is 0 Å². The molecule has 3 aliphatic rings. The van der Waals surface area contributed by atoms with Gasteiger partial charge in [0.2, 0.25) is 5.91 Å². The highest BCUT2D eigenvalue weighted by Crippen LogP contribution is 2.45. The van der Waals surface area contributed by atoms with Gasteiger partial charge in [-0.1, -0.05) is 25.0 Å². The molecule has 0 aliphatic heterocycles. The number of carbonyl (C=O) groups is 1. The van der Waals surface area contributed by atoms with Gasteiger partial charge in [0.05, 0.1) is 17.4 Å². The van der Waals surface area contributed by atoms with Crippen molar-refractivity contribution in [2.75, 3.05) is 4.90 Å². The summed E-state index contributed by atoms with van der Waals surface area (Å²) < 4.78 is 39.1. The Labute approximate surface area is 201 Å². The summed E-state index contributed by atoms with van der Waals surface area (Å²) in [6.07, 6.45) is 6.79. The van der Waals surface area contributed by atoms with Crippen molar-refractivity contribution in [2.24, 2.45) is 22.7 Å². The van der Waals surface area contributed by atoms with E-state index in [2.05, 4.69) is 15.0 Å². The molecule has 0 radical (unpaired) electrons. The van der Waals surface area contributed by atoms with Crippen LogP contribution in [0.15, 0.2) is 72.1 Å². The second kappa shape index (κ2) is 9.60. The highest BCUT2D eigenvalue weighted by molar-refractivity contribution is 5.94. The normalized spacial score (nSPS) is 21.9. The first kappa shape index (κ1) is 23.2. The van der Waals surface area contributed by atoms with Crippen LogP contribution in [0.2, 0.25) is 0 Å². The molecule has 3 fully saturated rings. The molecule has 3 aliphatic carbocycles. The van der Waals surface area contributed by atoms with Crippen molar-refractivity contribution in [2.45, 2.75) is 38.3 Å². The Balaban J connectivity index is 1.42. The van der Waals surface area contributed by atoms with Crippen molar-refractivity contribution in [3.8, 4) is 0 Å². The minimum absolute atomic E-state index is 0.0187. The number of hydrogen-bond donors (Lipinski definition) is 0. The van der Waals surface area contributed by atoms with Crippen LogP contribution in [0.3, 0.4) is 0 Å². The van der Waals surface area contributed by atoms with Gasteiger partial charge in [-0.3, -0.25) is 14.7 Å². The van der Waals surface area contributed by atoms with Crippen LogP contribution >= 0.6 is 0 Å². The van der Waals surface area contributed by atoms with E-state index in [1.54, 1.807) is 35.6 Å². The van der Waals surface area contributed by atoms with E-state index in [4.69, 9.17) is 0 Å². The molecule has 0 N–H and O–H groups in total. The van der Waals surface area contributed by atoms with E-state index in [9.17, 15) is 18.0 Å². The van der Waals surface area contributed by atoms with Crippen molar-refractivity contribution in [3.63, 3.8) is 0 Å². The van der Waals surface area contributed by atoms with Gasteiger partial charge in [-0.25, -0.2) is 9.98 Å². The number of rotatable bonds is 5. The number of alkyl halides is 3. The quantitative estimate of drug-likeness (QED) is 0.381. The van der Waals surface area contributed by atoms with Crippen molar-refractivity contribution < 1.29 is 18.0 Å². The number of hydrogen-bond acceptors (Lipinski definition) is 4. The van der Waals surface area contributed by atoms with Gasteiger partial charge in [0.1, 0.15) is 5.82 Å². The number of pyridine rings is 2. The molecule has 2 bridgehead atoms. The molecule has 2 heterocycles. The van der Waals surface area contributed by atoms with Crippen molar-refractivity contribution >= 4 is 29.3 Å². The van der Waals surface area contributed by atoms with Gasteiger partial charge in [0, 0.05) is 30.2 Å². The van der Waals surface area contributed by atoms with Gasteiger partial charge in [-0.2, -0.15) is 13.2 Å². The van der Waals surface area contributed by atoms with Crippen LogP contribution in [-0.2, 0) is 11.0 Å². The van der Waals surface area contributed by atoms with Crippen LogP contribution < -0.4 is 4.90 Å². The Kier molecular flexibility index (Phi) is 6.36. The van der Waals surface area contributed by atoms with Crippen molar-refractivity contribution in [1.29, 1.82) is 0 Å². The van der Waals surface area contributed by atoms with Crippen LogP contribution in [0.25, 0.3) is 0 Å².